The Morgan fingerprint density at radius 2 is 1.89 bits per heavy atom. The molecule has 2 aromatic carbocycles. The summed E-state index contributed by atoms with van der Waals surface area (Å²) in [6.45, 7) is 9.70. The summed E-state index contributed by atoms with van der Waals surface area (Å²) in [7, 11) is 0. The van der Waals surface area contributed by atoms with Crippen LogP contribution in [0, 0.1) is 11.7 Å². The number of carbonyl (C=O) groups excluding carboxylic acids is 1. The molecule has 2 heterocycles. The van der Waals surface area contributed by atoms with Gasteiger partial charge < -0.3 is 19.8 Å². The van der Waals surface area contributed by atoms with E-state index in [0.717, 1.165) is 5.56 Å². The summed E-state index contributed by atoms with van der Waals surface area (Å²) in [6, 6.07) is 12.0. The molecule has 3 aromatic rings. The number of nitrogens with zero attached hydrogens (tertiary/aromatic N) is 2. The molecule has 2 N–H and O–H groups in total. The average Bonchev–Trinajstić information content (AvgIpc) is 3.27. The third-order valence-electron chi connectivity index (χ3n) is 6.39. The fraction of sp³-hybridized carbons (Fsp3) is 0.393. The van der Waals surface area contributed by atoms with Gasteiger partial charge in [0.2, 0.25) is 5.91 Å². The first-order valence-corrected chi connectivity index (χ1v) is 13.6. The Balaban J connectivity index is 1.77. The van der Waals surface area contributed by atoms with E-state index in [2.05, 4.69) is 10.5 Å². The highest BCUT2D eigenvalue weighted by Crippen LogP contribution is 2.42. The molecular weight excluding hydrogens is 529 g/mol. The lowest BCUT2D eigenvalue weighted by Crippen LogP contribution is -2.47. The predicted octanol–water partition coefficient (Wildman–Crippen LogP) is 7.12. The zero-order chi connectivity index (χ0) is 27.8. The van der Waals surface area contributed by atoms with Crippen molar-refractivity contribution in [3.63, 3.8) is 0 Å². The summed E-state index contributed by atoms with van der Waals surface area (Å²) in [5, 5.41) is 16.5. The van der Waals surface area contributed by atoms with Crippen molar-refractivity contribution in [3.05, 3.63) is 64.6 Å². The second kappa shape index (κ2) is 10.6. The van der Waals surface area contributed by atoms with Crippen molar-refractivity contribution in [2.45, 2.75) is 63.4 Å². The second-order valence-corrected chi connectivity index (χ2v) is 12.7. The molecule has 1 aliphatic rings. The van der Waals surface area contributed by atoms with Gasteiger partial charge in [0, 0.05) is 32.7 Å². The number of carbonyl (C=O) groups is 2. The molecule has 0 radical (unpaired) electrons. The number of anilines is 1. The van der Waals surface area contributed by atoms with Gasteiger partial charge in [0.05, 0.1) is 29.4 Å². The van der Waals surface area contributed by atoms with Gasteiger partial charge >= 0.3 is 6.09 Å². The van der Waals surface area contributed by atoms with Gasteiger partial charge in [-0.05, 0) is 50.1 Å². The summed E-state index contributed by atoms with van der Waals surface area (Å²) >= 11 is 7.45. The highest BCUT2D eigenvalue weighted by atomic mass is 35.5. The van der Waals surface area contributed by atoms with E-state index in [1.807, 2.05) is 32.9 Å². The van der Waals surface area contributed by atoms with E-state index >= 15 is 4.39 Å². The minimum Gasteiger partial charge on any atom is -0.465 e. The highest BCUT2D eigenvalue weighted by molar-refractivity contribution is 7.99. The lowest BCUT2D eigenvalue weighted by Gasteiger charge is -2.31. The van der Waals surface area contributed by atoms with Crippen molar-refractivity contribution in [2.24, 2.45) is 5.92 Å². The molecule has 1 aromatic heterocycles. The number of rotatable bonds is 6. The Bertz CT molecular complexity index is 1350. The predicted molar refractivity (Wildman–Crippen MR) is 147 cm³/mol. The van der Waals surface area contributed by atoms with Crippen molar-refractivity contribution >= 4 is 41.1 Å². The third kappa shape index (κ3) is 6.32. The van der Waals surface area contributed by atoms with Crippen molar-refractivity contribution in [1.29, 1.82) is 0 Å². The van der Waals surface area contributed by atoms with Gasteiger partial charge in [-0.25, -0.2) is 9.18 Å². The number of aromatic nitrogens is 1. The molecule has 38 heavy (non-hydrogen) atoms. The Morgan fingerprint density at radius 3 is 2.50 bits per heavy atom. The maximum atomic E-state index is 15.4. The zero-order valence-electron chi connectivity index (χ0n) is 22.0. The van der Waals surface area contributed by atoms with Gasteiger partial charge in [0.25, 0.3) is 0 Å². The van der Waals surface area contributed by atoms with Crippen LogP contribution in [-0.2, 0) is 16.8 Å². The number of nitrogens with one attached hydrogen (secondary N) is 1. The molecule has 1 atom stereocenters. The van der Waals surface area contributed by atoms with Crippen molar-refractivity contribution < 1.29 is 23.6 Å². The molecule has 0 saturated carbocycles. The van der Waals surface area contributed by atoms with Crippen LogP contribution in [0.4, 0.5) is 14.9 Å². The van der Waals surface area contributed by atoms with Crippen LogP contribution in [0.3, 0.4) is 0 Å². The lowest BCUT2D eigenvalue weighted by atomic mass is 9.90. The molecular formula is C28H31ClFN3O4S. The molecule has 2 amide bonds. The Morgan fingerprint density at radius 1 is 1.21 bits per heavy atom. The standard InChI is InChI=1S/C28H31ClFN3O4S/c1-27(2,3)24-12-22(37-32-24)19-10-21-23(11-20(19)30)38-15-17(13-28(4,5)31-26(35)36)25(34)33(21)14-16-6-8-18(29)9-7-16/h6-12,17,31H,13-15H2,1-5H3,(H,35,36)/t17-/m0/s1. The van der Waals surface area contributed by atoms with E-state index in [1.54, 1.807) is 43.0 Å². The van der Waals surface area contributed by atoms with Crippen LogP contribution >= 0.6 is 23.4 Å². The molecule has 0 spiro atoms. The Hall–Kier alpha value is -3.04. The number of hydrogen-bond acceptors (Lipinski definition) is 5. The van der Waals surface area contributed by atoms with Crippen LogP contribution in [0.15, 0.2) is 51.9 Å². The number of halogens is 2. The number of amides is 2. The number of benzene rings is 2. The molecule has 0 saturated heterocycles. The number of fused-ring (bicyclic) bond motifs is 1. The van der Waals surface area contributed by atoms with Gasteiger partial charge in [-0.2, -0.15) is 0 Å². The van der Waals surface area contributed by atoms with Gasteiger partial charge in [0.1, 0.15) is 5.82 Å². The van der Waals surface area contributed by atoms with E-state index in [9.17, 15) is 14.7 Å². The molecule has 0 unspecified atom stereocenters. The first kappa shape index (κ1) is 28.0. The molecule has 4 rings (SSSR count). The molecule has 10 heteroatoms. The van der Waals surface area contributed by atoms with Crippen LogP contribution < -0.4 is 10.2 Å². The van der Waals surface area contributed by atoms with Crippen LogP contribution in [0.5, 0.6) is 0 Å². The van der Waals surface area contributed by atoms with E-state index in [0.29, 0.717) is 27.1 Å². The van der Waals surface area contributed by atoms with E-state index < -0.39 is 23.4 Å². The monoisotopic (exact) mass is 559 g/mol. The summed E-state index contributed by atoms with van der Waals surface area (Å²) in [5.74, 6) is -0.490. The first-order chi connectivity index (χ1) is 17.7. The van der Waals surface area contributed by atoms with Crippen molar-refractivity contribution in [2.75, 3.05) is 10.7 Å². The van der Waals surface area contributed by atoms with Gasteiger partial charge in [-0.3, -0.25) is 4.79 Å². The quantitative estimate of drug-likeness (QED) is 0.334. The van der Waals surface area contributed by atoms with E-state index in [1.165, 1.54) is 17.8 Å². The largest absolute Gasteiger partial charge is 0.465 e. The van der Waals surface area contributed by atoms with E-state index in [4.69, 9.17) is 16.1 Å². The Labute approximate surface area is 230 Å². The molecule has 0 aliphatic carbocycles. The summed E-state index contributed by atoms with van der Waals surface area (Å²) < 4.78 is 20.9. The van der Waals surface area contributed by atoms with Crippen LogP contribution in [0.1, 0.15) is 52.3 Å². The molecule has 0 fully saturated rings. The molecule has 202 valence electrons. The number of hydrogen-bond donors (Lipinski definition) is 2. The normalized spacial score (nSPS) is 16.2. The molecule has 1 aliphatic heterocycles. The van der Waals surface area contributed by atoms with Crippen LogP contribution in [0.2, 0.25) is 5.02 Å². The van der Waals surface area contributed by atoms with Crippen molar-refractivity contribution in [3.8, 4) is 11.3 Å². The smallest absolute Gasteiger partial charge is 0.405 e. The third-order valence-corrected chi connectivity index (χ3v) is 7.85. The number of thioether (sulfide) groups is 1. The average molecular weight is 560 g/mol. The lowest BCUT2D eigenvalue weighted by molar-refractivity contribution is -0.122. The topological polar surface area (TPSA) is 95.7 Å². The minimum atomic E-state index is -1.15. The zero-order valence-corrected chi connectivity index (χ0v) is 23.5. The maximum absolute atomic E-state index is 15.4. The fourth-order valence-corrected chi connectivity index (χ4v) is 5.72. The fourth-order valence-electron chi connectivity index (χ4n) is 4.45. The highest BCUT2D eigenvalue weighted by Gasteiger charge is 2.36. The van der Waals surface area contributed by atoms with Gasteiger partial charge in [0.15, 0.2) is 5.76 Å². The molecule has 0 bridgehead atoms. The first-order valence-electron chi connectivity index (χ1n) is 12.2. The summed E-state index contributed by atoms with van der Waals surface area (Å²) in [4.78, 5) is 27.6. The SMILES string of the molecule is CC(C)(C[C@H]1CSc2cc(F)c(-c3cc(C(C)(C)C)no3)cc2N(Cc2ccc(Cl)cc2)C1=O)NC(=O)O. The van der Waals surface area contributed by atoms with Crippen molar-refractivity contribution in [1.82, 2.24) is 10.5 Å². The number of carboxylic acid groups (broad SMARTS) is 1. The summed E-state index contributed by atoms with van der Waals surface area (Å²) in [5.41, 5.74) is 1.20. The minimum absolute atomic E-state index is 0.169. The Kier molecular flexibility index (Phi) is 7.81. The maximum Gasteiger partial charge on any atom is 0.405 e. The van der Waals surface area contributed by atoms with Crippen LogP contribution in [0.25, 0.3) is 11.3 Å². The van der Waals surface area contributed by atoms with E-state index in [-0.39, 0.29) is 35.6 Å². The second-order valence-electron chi connectivity index (χ2n) is 11.2. The molecule has 7 nitrogen and oxygen atoms in total. The van der Waals surface area contributed by atoms with Crippen LogP contribution in [-0.4, -0.2) is 33.6 Å². The van der Waals surface area contributed by atoms with Gasteiger partial charge in [-0.1, -0.05) is 49.7 Å². The summed E-state index contributed by atoms with van der Waals surface area (Å²) in [6.07, 6.45) is -0.874. The van der Waals surface area contributed by atoms with Gasteiger partial charge in [-0.15, -0.1) is 11.8 Å².